The fourth-order valence-electron chi connectivity index (χ4n) is 1.40. The van der Waals surface area contributed by atoms with Crippen LogP contribution in [0.25, 0.3) is 0 Å². The zero-order valence-corrected chi connectivity index (χ0v) is 12.5. The largest absolute Gasteiger partial charge is 0.346 e. The second kappa shape index (κ2) is 6.90. The molecule has 0 aliphatic carbocycles. The summed E-state index contributed by atoms with van der Waals surface area (Å²) < 4.78 is 22.4. The predicted octanol–water partition coefficient (Wildman–Crippen LogP) is 0.156. The third-order valence-corrected chi connectivity index (χ3v) is 4.25. The molecule has 2 amide bonds. The third-order valence-electron chi connectivity index (χ3n) is 2.75. The van der Waals surface area contributed by atoms with Gasteiger partial charge >= 0.3 is 0 Å². The SMILES string of the molecule is C#Cc1cccc(NC(=O)CNC(=O)C(C)S(C)(=O)=O)c1. The summed E-state index contributed by atoms with van der Waals surface area (Å²) in [6, 6.07) is 6.67. The lowest BCUT2D eigenvalue weighted by Gasteiger charge is -2.10. The first-order valence-corrected chi connectivity index (χ1v) is 8.02. The first kappa shape index (κ1) is 16.7. The fraction of sp³-hybridized carbons (Fsp3) is 0.286. The summed E-state index contributed by atoms with van der Waals surface area (Å²) in [7, 11) is -3.48. The summed E-state index contributed by atoms with van der Waals surface area (Å²) in [6.45, 7) is 0.942. The molecule has 1 atom stereocenters. The van der Waals surface area contributed by atoms with E-state index in [0.29, 0.717) is 11.3 Å². The van der Waals surface area contributed by atoms with E-state index >= 15 is 0 Å². The summed E-state index contributed by atoms with van der Waals surface area (Å²) in [4.78, 5) is 23.2. The van der Waals surface area contributed by atoms with Crippen molar-refractivity contribution in [2.75, 3.05) is 18.1 Å². The van der Waals surface area contributed by atoms with E-state index < -0.39 is 26.9 Å². The summed E-state index contributed by atoms with van der Waals surface area (Å²) in [5, 5.41) is 3.62. The number of sulfone groups is 1. The number of rotatable bonds is 5. The molecule has 0 saturated heterocycles. The highest BCUT2D eigenvalue weighted by molar-refractivity contribution is 7.92. The van der Waals surface area contributed by atoms with Crippen LogP contribution in [0.3, 0.4) is 0 Å². The molecule has 1 rings (SSSR count). The summed E-state index contributed by atoms with van der Waals surface area (Å²) in [5.74, 6) is 1.24. The van der Waals surface area contributed by atoms with Gasteiger partial charge in [-0.05, 0) is 25.1 Å². The van der Waals surface area contributed by atoms with E-state index in [-0.39, 0.29) is 6.54 Å². The van der Waals surface area contributed by atoms with Crippen molar-refractivity contribution < 1.29 is 18.0 Å². The minimum Gasteiger partial charge on any atom is -0.346 e. The molecule has 1 unspecified atom stereocenters. The molecule has 0 fully saturated rings. The average Bonchev–Trinajstić information content (AvgIpc) is 2.43. The van der Waals surface area contributed by atoms with Crippen LogP contribution < -0.4 is 10.6 Å². The molecular formula is C14H16N2O4S. The molecule has 1 aromatic carbocycles. The van der Waals surface area contributed by atoms with Crippen molar-refractivity contribution in [3.8, 4) is 12.3 Å². The van der Waals surface area contributed by atoms with Gasteiger partial charge in [-0.15, -0.1) is 6.42 Å². The molecule has 7 heteroatoms. The number of carbonyl (C=O) groups is 2. The third kappa shape index (κ3) is 5.28. The molecule has 21 heavy (non-hydrogen) atoms. The molecule has 0 spiro atoms. The Balaban J connectivity index is 2.55. The predicted molar refractivity (Wildman–Crippen MR) is 80.3 cm³/mol. The maximum atomic E-state index is 11.7. The van der Waals surface area contributed by atoms with Crippen molar-refractivity contribution in [2.24, 2.45) is 0 Å². The van der Waals surface area contributed by atoms with Gasteiger partial charge in [-0.2, -0.15) is 0 Å². The van der Waals surface area contributed by atoms with Gasteiger partial charge in [0.15, 0.2) is 9.84 Å². The van der Waals surface area contributed by atoms with Crippen LogP contribution in [0.15, 0.2) is 24.3 Å². The second-order valence-electron chi connectivity index (χ2n) is 4.46. The van der Waals surface area contributed by atoms with Gasteiger partial charge in [0, 0.05) is 17.5 Å². The van der Waals surface area contributed by atoms with Crippen molar-refractivity contribution >= 4 is 27.3 Å². The van der Waals surface area contributed by atoms with Crippen molar-refractivity contribution in [2.45, 2.75) is 12.2 Å². The molecule has 0 aliphatic rings. The minimum atomic E-state index is -3.48. The van der Waals surface area contributed by atoms with Crippen LogP contribution >= 0.6 is 0 Å². The number of nitrogens with one attached hydrogen (secondary N) is 2. The number of carbonyl (C=O) groups excluding carboxylic acids is 2. The second-order valence-corrected chi connectivity index (χ2v) is 6.83. The van der Waals surface area contributed by atoms with Crippen molar-refractivity contribution in [3.63, 3.8) is 0 Å². The van der Waals surface area contributed by atoms with Gasteiger partial charge in [0.05, 0.1) is 6.54 Å². The van der Waals surface area contributed by atoms with Gasteiger partial charge in [-0.3, -0.25) is 9.59 Å². The van der Waals surface area contributed by atoms with Crippen LogP contribution in [-0.2, 0) is 19.4 Å². The zero-order chi connectivity index (χ0) is 16.0. The highest BCUT2D eigenvalue weighted by Gasteiger charge is 2.23. The van der Waals surface area contributed by atoms with Crippen LogP contribution in [0.2, 0.25) is 0 Å². The maximum absolute atomic E-state index is 11.7. The van der Waals surface area contributed by atoms with Gasteiger partial charge in [0.1, 0.15) is 5.25 Å². The van der Waals surface area contributed by atoms with Crippen LogP contribution in [0.5, 0.6) is 0 Å². The number of anilines is 1. The summed E-state index contributed by atoms with van der Waals surface area (Å²) in [5.41, 5.74) is 1.11. The lowest BCUT2D eigenvalue weighted by atomic mass is 10.2. The monoisotopic (exact) mass is 308 g/mol. The molecule has 0 radical (unpaired) electrons. The van der Waals surface area contributed by atoms with Crippen LogP contribution in [0, 0.1) is 12.3 Å². The number of amides is 2. The van der Waals surface area contributed by atoms with E-state index in [1.165, 1.54) is 6.92 Å². The van der Waals surface area contributed by atoms with Crippen LogP contribution in [0.4, 0.5) is 5.69 Å². The molecule has 0 heterocycles. The number of benzene rings is 1. The van der Waals surface area contributed by atoms with E-state index in [0.717, 1.165) is 6.26 Å². The Morgan fingerprint density at radius 1 is 1.38 bits per heavy atom. The maximum Gasteiger partial charge on any atom is 0.243 e. The van der Waals surface area contributed by atoms with E-state index in [1.807, 2.05) is 0 Å². The Morgan fingerprint density at radius 2 is 2.05 bits per heavy atom. The molecular weight excluding hydrogens is 292 g/mol. The summed E-state index contributed by atoms with van der Waals surface area (Å²) in [6.07, 6.45) is 6.21. The van der Waals surface area contributed by atoms with Gasteiger partial charge in [-0.1, -0.05) is 12.0 Å². The molecule has 112 valence electrons. The first-order chi connectivity index (χ1) is 9.74. The van der Waals surface area contributed by atoms with Gasteiger partial charge < -0.3 is 10.6 Å². The van der Waals surface area contributed by atoms with E-state index in [2.05, 4.69) is 16.6 Å². The summed E-state index contributed by atoms with van der Waals surface area (Å²) >= 11 is 0. The smallest absolute Gasteiger partial charge is 0.243 e. The molecule has 1 aromatic rings. The topological polar surface area (TPSA) is 92.3 Å². The van der Waals surface area contributed by atoms with Crippen LogP contribution in [-0.4, -0.2) is 38.3 Å². The van der Waals surface area contributed by atoms with E-state index in [4.69, 9.17) is 6.42 Å². The zero-order valence-electron chi connectivity index (χ0n) is 11.7. The molecule has 0 aromatic heterocycles. The Hall–Kier alpha value is -2.33. The Labute approximate surface area is 123 Å². The normalized spacial score (nSPS) is 12.0. The quantitative estimate of drug-likeness (QED) is 0.758. The Bertz CT molecular complexity index is 689. The van der Waals surface area contributed by atoms with E-state index in [9.17, 15) is 18.0 Å². The van der Waals surface area contributed by atoms with Crippen molar-refractivity contribution in [1.29, 1.82) is 0 Å². The van der Waals surface area contributed by atoms with E-state index in [1.54, 1.807) is 24.3 Å². The fourth-order valence-corrected chi connectivity index (χ4v) is 1.87. The number of terminal acetylenes is 1. The van der Waals surface area contributed by atoms with Crippen molar-refractivity contribution in [1.82, 2.24) is 5.32 Å². The lowest BCUT2D eigenvalue weighted by molar-refractivity contribution is -0.123. The Kier molecular flexibility index (Phi) is 5.50. The van der Waals surface area contributed by atoms with Crippen LogP contribution in [0.1, 0.15) is 12.5 Å². The van der Waals surface area contributed by atoms with Gasteiger partial charge in [-0.25, -0.2) is 8.42 Å². The number of hydrogen-bond acceptors (Lipinski definition) is 4. The Morgan fingerprint density at radius 3 is 2.62 bits per heavy atom. The lowest BCUT2D eigenvalue weighted by Crippen LogP contribution is -2.41. The highest BCUT2D eigenvalue weighted by Crippen LogP contribution is 2.09. The van der Waals surface area contributed by atoms with Crippen molar-refractivity contribution in [3.05, 3.63) is 29.8 Å². The molecule has 0 saturated carbocycles. The molecule has 0 bridgehead atoms. The van der Waals surface area contributed by atoms with Gasteiger partial charge in [0.25, 0.3) is 0 Å². The average molecular weight is 308 g/mol. The molecule has 2 N–H and O–H groups in total. The molecule has 6 nitrogen and oxygen atoms in total. The standard InChI is InChI=1S/C14H16N2O4S/c1-4-11-6-5-7-12(8-11)16-13(17)9-15-14(18)10(2)21(3,19)20/h1,5-8,10H,9H2,2-3H3,(H,15,18)(H,16,17). The highest BCUT2D eigenvalue weighted by atomic mass is 32.2. The number of hydrogen-bond donors (Lipinski definition) is 2. The first-order valence-electron chi connectivity index (χ1n) is 6.07. The van der Waals surface area contributed by atoms with Gasteiger partial charge in [0.2, 0.25) is 11.8 Å². The molecule has 0 aliphatic heterocycles. The minimum absolute atomic E-state index is 0.320.